The van der Waals surface area contributed by atoms with Crippen molar-refractivity contribution in [2.45, 2.75) is 32.3 Å². The standard InChI is InChI=1S/C10H18N4OS/c1-4-7-16-10-13-8(11-5-2)12-9(14-10)15-6-3/h4-7H2,1-3H3,(H,11,12,13,14). The minimum Gasteiger partial charge on any atom is -0.464 e. The van der Waals surface area contributed by atoms with Gasteiger partial charge in [-0.1, -0.05) is 18.7 Å². The Morgan fingerprint density at radius 2 is 2.00 bits per heavy atom. The molecule has 1 N–H and O–H groups in total. The topological polar surface area (TPSA) is 59.9 Å². The minimum absolute atomic E-state index is 0.395. The molecule has 0 aliphatic heterocycles. The first-order valence-electron chi connectivity index (χ1n) is 5.55. The van der Waals surface area contributed by atoms with E-state index in [0.29, 0.717) is 18.6 Å². The summed E-state index contributed by atoms with van der Waals surface area (Å²) in [7, 11) is 0. The second-order valence-corrected chi connectivity index (χ2v) is 4.10. The molecule has 0 unspecified atom stereocenters. The number of thioether (sulfide) groups is 1. The highest BCUT2D eigenvalue weighted by atomic mass is 32.2. The van der Waals surface area contributed by atoms with Gasteiger partial charge >= 0.3 is 6.01 Å². The molecule has 0 fully saturated rings. The fourth-order valence-electron chi connectivity index (χ4n) is 1.03. The van der Waals surface area contributed by atoms with Crippen molar-refractivity contribution >= 4 is 17.7 Å². The third kappa shape index (κ3) is 4.22. The van der Waals surface area contributed by atoms with Crippen LogP contribution in [0, 0.1) is 0 Å². The van der Waals surface area contributed by atoms with Gasteiger partial charge in [-0.3, -0.25) is 0 Å². The lowest BCUT2D eigenvalue weighted by atomic mass is 10.6. The smallest absolute Gasteiger partial charge is 0.322 e. The van der Waals surface area contributed by atoms with Crippen LogP contribution in [0.3, 0.4) is 0 Å². The largest absolute Gasteiger partial charge is 0.464 e. The van der Waals surface area contributed by atoms with E-state index in [1.54, 1.807) is 11.8 Å². The van der Waals surface area contributed by atoms with E-state index in [1.807, 2.05) is 13.8 Å². The fraction of sp³-hybridized carbons (Fsp3) is 0.700. The van der Waals surface area contributed by atoms with Crippen LogP contribution >= 0.6 is 11.8 Å². The summed E-state index contributed by atoms with van der Waals surface area (Å²) in [4.78, 5) is 12.7. The lowest BCUT2D eigenvalue weighted by Crippen LogP contribution is -2.07. The van der Waals surface area contributed by atoms with Crippen molar-refractivity contribution in [3.63, 3.8) is 0 Å². The van der Waals surface area contributed by atoms with Gasteiger partial charge in [-0.25, -0.2) is 0 Å². The fourth-order valence-corrected chi connectivity index (χ4v) is 1.71. The quantitative estimate of drug-likeness (QED) is 0.740. The Morgan fingerprint density at radius 1 is 1.19 bits per heavy atom. The lowest BCUT2D eigenvalue weighted by Gasteiger charge is -2.06. The molecular formula is C10H18N4OS. The molecule has 0 aliphatic carbocycles. The van der Waals surface area contributed by atoms with E-state index in [9.17, 15) is 0 Å². The summed E-state index contributed by atoms with van der Waals surface area (Å²) in [6, 6.07) is 0.395. The molecule has 90 valence electrons. The maximum atomic E-state index is 5.30. The summed E-state index contributed by atoms with van der Waals surface area (Å²) in [6.45, 7) is 7.39. The maximum Gasteiger partial charge on any atom is 0.322 e. The van der Waals surface area contributed by atoms with Crippen LogP contribution in [0.1, 0.15) is 27.2 Å². The lowest BCUT2D eigenvalue weighted by molar-refractivity contribution is 0.308. The molecule has 1 aromatic rings. The van der Waals surface area contributed by atoms with Crippen molar-refractivity contribution in [2.24, 2.45) is 0 Å². The molecule has 6 heteroatoms. The highest BCUT2D eigenvalue weighted by molar-refractivity contribution is 7.99. The number of hydrogen-bond acceptors (Lipinski definition) is 6. The first kappa shape index (κ1) is 13.0. The van der Waals surface area contributed by atoms with Crippen LogP contribution in [0.25, 0.3) is 0 Å². The van der Waals surface area contributed by atoms with Crippen LogP contribution in [-0.4, -0.2) is 33.9 Å². The SMILES string of the molecule is CCCSc1nc(NCC)nc(OCC)n1. The summed E-state index contributed by atoms with van der Waals surface area (Å²) in [6.07, 6.45) is 1.09. The molecule has 0 aliphatic rings. The number of aromatic nitrogens is 3. The molecule has 0 aromatic carbocycles. The van der Waals surface area contributed by atoms with Crippen LogP contribution in [-0.2, 0) is 0 Å². The number of rotatable bonds is 7. The molecule has 1 aromatic heterocycles. The van der Waals surface area contributed by atoms with Gasteiger partial charge in [0.1, 0.15) is 0 Å². The van der Waals surface area contributed by atoms with Gasteiger partial charge in [0.15, 0.2) is 5.16 Å². The Balaban J connectivity index is 2.80. The number of nitrogens with zero attached hydrogens (tertiary/aromatic N) is 3. The van der Waals surface area contributed by atoms with Gasteiger partial charge in [0.05, 0.1) is 6.61 Å². The van der Waals surface area contributed by atoms with Gasteiger partial charge in [-0.05, 0) is 20.3 Å². The molecule has 16 heavy (non-hydrogen) atoms. The van der Waals surface area contributed by atoms with Gasteiger partial charge in [0.25, 0.3) is 0 Å². The second-order valence-electron chi connectivity index (χ2n) is 3.04. The predicted molar refractivity (Wildman–Crippen MR) is 66.2 cm³/mol. The van der Waals surface area contributed by atoms with Crippen molar-refractivity contribution in [2.75, 3.05) is 24.2 Å². The molecule has 0 bridgehead atoms. The summed E-state index contributed by atoms with van der Waals surface area (Å²) < 4.78 is 5.30. The van der Waals surface area contributed by atoms with Crippen LogP contribution < -0.4 is 10.1 Å². The van der Waals surface area contributed by atoms with E-state index in [-0.39, 0.29) is 0 Å². The summed E-state index contributed by atoms with van der Waals surface area (Å²) in [5.74, 6) is 1.58. The number of ether oxygens (including phenoxy) is 1. The van der Waals surface area contributed by atoms with Gasteiger partial charge < -0.3 is 10.1 Å². The monoisotopic (exact) mass is 242 g/mol. The Morgan fingerprint density at radius 3 is 2.62 bits per heavy atom. The summed E-state index contributed by atoms with van der Waals surface area (Å²) in [5.41, 5.74) is 0. The van der Waals surface area contributed by atoms with Crippen molar-refractivity contribution in [3.8, 4) is 6.01 Å². The van der Waals surface area contributed by atoms with Crippen molar-refractivity contribution in [3.05, 3.63) is 0 Å². The summed E-state index contributed by atoms with van der Waals surface area (Å²) in [5, 5.41) is 3.79. The molecule has 0 radical (unpaired) electrons. The third-order valence-corrected chi connectivity index (χ3v) is 2.69. The molecule has 0 saturated carbocycles. The van der Waals surface area contributed by atoms with Gasteiger partial charge in [-0.2, -0.15) is 15.0 Å². The van der Waals surface area contributed by atoms with Gasteiger partial charge in [0, 0.05) is 12.3 Å². The maximum absolute atomic E-state index is 5.30. The van der Waals surface area contributed by atoms with E-state index in [1.165, 1.54) is 0 Å². The molecule has 0 amide bonds. The van der Waals surface area contributed by atoms with E-state index in [0.717, 1.165) is 23.9 Å². The number of anilines is 1. The van der Waals surface area contributed by atoms with Gasteiger partial charge in [0.2, 0.25) is 5.95 Å². The van der Waals surface area contributed by atoms with E-state index in [4.69, 9.17) is 4.74 Å². The first-order valence-corrected chi connectivity index (χ1v) is 6.54. The molecule has 5 nitrogen and oxygen atoms in total. The summed E-state index contributed by atoms with van der Waals surface area (Å²) >= 11 is 1.62. The Bertz CT molecular complexity index is 297. The average Bonchev–Trinajstić information content (AvgIpc) is 2.27. The highest BCUT2D eigenvalue weighted by Crippen LogP contribution is 2.18. The van der Waals surface area contributed by atoms with Crippen molar-refractivity contribution in [1.82, 2.24) is 15.0 Å². The Labute approximate surface area is 100 Å². The van der Waals surface area contributed by atoms with Crippen LogP contribution in [0.4, 0.5) is 5.95 Å². The number of nitrogens with one attached hydrogen (secondary N) is 1. The molecule has 1 rings (SSSR count). The zero-order valence-corrected chi connectivity index (χ0v) is 10.8. The molecule has 0 spiro atoms. The van der Waals surface area contributed by atoms with Gasteiger partial charge in [-0.15, -0.1) is 0 Å². The van der Waals surface area contributed by atoms with Crippen LogP contribution in [0.5, 0.6) is 6.01 Å². The van der Waals surface area contributed by atoms with Crippen LogP contribution in [0.15, 0.2) is 5.16 Å². The highest BCUT2D eigenvalue weighted by Gasteiger charge is 2.06. The predicted octanol–water partition coefficient (Wildman–Crippen LogP) is 2.20. The van der Waals surface area contributed by atoms with Crippen molar-refractivity contribution < 1.29 is 4.74 Å². The van der Waals surface area contributed by atoms with E-state index >= 15 is 0 Å². The molecular weight excluding hydrogens is 224 g/mol. The molecule has 1 heterocycles. The second kappa shape index (κ2) is 7.27. The zero-order valence-electron chi connectivity index (χ0n) is 9.99. The minimum atomic E-state index is 0.395. The Kier molecular flexibility index (Phi) is 5.92. The molecule has 0 saturated heterocycles. The Hall–Kier alpha value is -1.04. The third-order valence-electron chi connectivity index (χ3n) is 1.64. The molecule has 0 atom stereocenters. The first-order chi connectivity index (χ1) is 7.80. The zero-order chi connectivity index (χ0) is 11.8. The van der Waals surface area contributed by atoms with Crippen molar-refractivity contribution in [1.29, 1.82) is 0 Å². The normalized spacial score (nSPS) is 10.2. The van der Waals surface area contributed by atoms with E-state index < -0.39 is 0 Å². The average molecular weight is 242 g/mol. The van der Waals surface area contributed by atoms with E-state index in [2.05, 4.69) is 27.2 Å². The number of hydrogen-bond donors (Lipinski definition) is 1. The van der Waals surface area contributed by atoms with Crippen LogP contribution in [0.2, 0.25) is 0 Å².